The van der Waals surface area contributed by atoms with Crippen LogP contribution in [0.1, 0.15) is 16.9 Å². The van der Waals surface area contributed by atoms with Gasteiger partial charge in [0.05, 0.1) is 12.1 Å². The number of aromatic nitrogens is 1. The second kappa shape index (κ2) is 5.50. The molecule has 0 unspecified atom stereocenters. The molecule has 0 bridgehead atoms. The van der Waals surface area contributed by atoms with Crippen LogP contribution in [0.3, 0.4) is 0 Å². The van der Waals surface area contributed by atoms with Crippen LogP contribution < -0.4 is 9.64 Å². The number of hydrogen-bond acceptors (Lipinski definition) is 5. The van der Waals surface area contributed by atoms with E-state index in [1.807, 2.05) is 35.2 Å². The molecule has 0 aliphatic carbocycles. The minimum atomic E-state index is -0.978. The Morgan fingerprint density at radius 1 is 1.40 bits per heavy atom. The fraction of sp³-hybridized carbons (Fsp3) is 0.286. The number of nitrogens with zero attached hydrogens (tertiary/aromatic N) is 2. The number of benzene rings is 1. The van der Waals surface area contributed by atoms with Crippen molar-refractivity contribution in [3.63, 3.8) is 0 Å². The molecular weight excluding hydrogens is 276 g/mol. The fourth-order valence-corrected chi connectivity index (χ4v) is 3.14. The Morgan fingerprint density at radius 2 is 2.20 bits per heavy atom. The number of rotatable bonds is 4. The number of hydrogen-bond donors (Lipinski definition) is 1. The standard InChI is InChI=1S/C14H14N2O3S/c17-14(18)12-13(20-9-15-12)16-7-6-11(8-16)19-10-4-2-1-3-5-10/h1-5,9,11H,6-8H2,(H,17,18)/t11-/m1/s1. The molecule has 1 N–H and O–H groups in total. The van der Waals surface area contributed by atoms with Gasteiger partial charge >= 0.3 is 5.97 Å². The van der Waals surface area contributed by atoms with Crippen LogP contribution in [0.4, 0.5) is 5.00 Å². The zero-order chi connectivity index (χ0) is 13.9. The third-order valence-corrected chi connectivity index (χ3v) is 4.12. The predicted octanol–water partition coefficient (Wildman–Crippen LogP) is 2.50. The summed E-state index contributed by atoms with van der Waals surface area (Å²) in [6, 6.07) is 9.68. The maximum Gasteiger partial charge on any atom is 0.357 e. The molecule has 0 spiro atoms. The molecular formula is C14H14N2O3S. The van der Waals surface area contributed by atoms with Gasteiger partial charge in [-0.25, -0.2) is 9.78 Å². The van der Waals surface area contributed by atoms with Crippen molar-refractivity contribution in [1.82, 2.24) is 4.98 Å². The lowest BCUT2D eigenvalue weighted by atomic mass is 10.3. The maximum absolute atomic E-state index is 11.1. The Morgan fingerprint density at radius 3 is 2.95 bits per heavy atom. The van der Waals surface area contributed by atoms with Crippen molar-refractivity contribution in [1.29, 1.82) is 0 Å². The van der Waals surface area contributed by atoms with Gasteiger partial charge in [0.1, 0.15) is 16.9 Å². The minimum Gasteiger partial charge on any atom is -0.489 e. The number of carboxylic acids is 1. The van der Waals surface area contributed by atoms with E-state index in [0.29, 0.717) is 6.54 Å². The second-order valence-electron chi connectivity index (χ2n) is 4.60. The van der Waals surface area contributed by atoms with E-state index in [1.54, 1.807) is 5.51 Å². The molecule has 1 aliphatic rings. The van der Waals surface area contributed by atoms with E-state index in [0.717, 1.165) is 23.7 Å². The van der Waals surface area contributed by atoms with Gasteiger partial charge in [-0.1, -0.05) is 18.2 Å². The Bertz CT molecular complexity index is 599. The third-order valence-electron chi connectivity index (χ3n) is 3.23. The van der Waals surface area contributed by atoms with E-state index < -0.39 is 5.97 Å². The van der Waals surface area contributed by atoms with Crippen molar-refractivity contribution >= 4 is 22.3 Å². The predicted molar refractivity (Wildman–Crippen MR) is 76.8 cm³/mol. The first-order chi connectivity index (χ1) is 9.74. The van der Waals surface area contributed by atoms with Gasteiger partial charge in [-0.3, -0.25) is 0 Å². The molecule has 3 rings (SSSR count). The lowest BCUT2D eigenvalue weighted by Gasteiger charge is -2.17. The van der Waals surface area contributed by atoms with Crippen molar-refractivity contribution in [2.45, 2.75) is 12.5 Å². The quantitative estimate of drug-likeness (QED) is 0.937. The van der Waals surface area contributed by atoms with Crippen LogP contribution in [-0.2, 0) is 0 Å². The first-order valence-corrected chi connectivity index (χ1v) is 7.25. The van der Waals surface area contributed by atoms with Crippen LogP contribution in [0.5, 0.6) is 5.75 Å². The van der Waals surface area contributed by atoms with Gasteiger partial charge in [-0.2, -0.15) is 0 Å². The number of anilines is 1. The van der Waals surface area contributed by atoms with Gasteiger partial charge in [0.25, 0.3) is 0 Å². The summed E-state index contributed by atoms with van der Waals surface area (Å²) in [4.78, 5) is 17.0. The molecule has 0 amide bonds. The van der Waals surface area contributed by atoms with Crippen LogP contribution in [0.2, 0.25) is 0 Å². The molecule has 1 fully saturated rings. The lowest BCUT2D eigenvalue weighted by Crippen LogP contribution is -2.25. The fourth-order valence-electron chi connectivity index (χ4n) is 2.31. The van der Waals surface area contributed by atoms with Gasteiger partial charge in [0.15, 0.2) is 5.69 Å². The molecule has 6 heteroatoms. The van der Waals surface area contributed by atoms with Crippen LogP contribution >= 0.6 is 11.3 Å². The Hall–Kier alpha value is -2.08. The summed E-state index contributed by atoms with van der Waals surface area (Å²) in [5.74, 6) is -0.129. The van der Waals surface area contributed by atoms with Crippen LogP contribution in [0.15, 0.2) is 35.8 Å². The lowest BCUT2D eigenvalue weighted by molar-refractivity contribution is 0.0692. The smallest absolute Gasteiger partial charge is 0.357 e. The molecule has 0 saturated carbocycles. The molecule has 2 aromatic rings. The molecule has 1 atom stereocenters. The maximum atomic E-state index is 11.1. The Balaban J connectivity index is 1.68. The molecule has 2 heterocycles. The number of thiazole rings is 1. The Labute approximate surface area is 120 Å². The van der Waals surface area contributed by atoms with Gasteiger partial charge in [-0.05, 0) is 12.1 Å². The highest BCUT2D eigenvalue weighted by Gasteiger charge is 2.28. The highest BCUT2D eigenvalue weighted by atomic mass is 32.1. The highest BCUT2D eigenvalue weighted by molar-refractivity contribution is 7.14. The van der Waals surface area contributed by atoms with Crippen molar-refractivity contribution in [2.75, 3.05) is 18.0 Å². The molecule has 1 saturated heterocycles. The van der Waals surface area contributed by atoms with Crippen LogP contribution in [-0.4, -0.2) is 35.3 Å². The zero-order valence-electron chi connectivity index (χ0n) is 10.7. The summed E-state index contributed by atoms with van der Waals surface area (Å²) >= 11 is 1.36. The summed E-state index contributed by atoms with van der Waals surface area (Å²) in [5, 5.41) is 9.82. The number of para-hydroxylation sites is 1. The molecule has 5 nitrogen and oxygen atoms in total. The van der Waals surface area contributed by atoms with E-state index in [9.17, 15) is 4.79 Å². The summed E-state index contributed by atoms with van der Waals surface area (Å²) < 4.78 is 5.90. The van der Waals surface area contributed by atoms with Crippen molar-refractivity contribution in [3.8, 4) is 5.75 Å². The average molecular weight is 290 g/mol. The average Bonchev–Trinajstić information content (AvgIpc) is 3.07. The van der Waals surface area contributed by atoms with E-state index in [4.69, 9.17) is 9.84 Å². The normalized spacial score (nSPS) is 18.2. The number of carboxylic acid groups (broad SMARTS) is 1. The monoisotopic (exact) mass is 290 g/mol. The van der Waals surface area contributed by atoms with E-state index >= 15 is 0 Å². The molecule has 20 heavy (non-hydrogen) atoms. The molecule has 0 radical (unpaired) electrons. The third kappa shape index (κ3) is 2.60. The first-order valence-electron chi connectivity index (χ1n) is 6.37. The van der Waals surface area contributed by atoms with Gasteiger partial charge in [0.2, 0.25) is 0 Å². The van der Waals surface area contributed by atoms with Gasteiger partial charge in [0, 0.05) is 13.0 Å². The van der Waals surface area contributed by atoms with Crippen molar-refractivity contribution < 1.29 is 14.6 Å². The SMILES string of the molecule is O=C(O)c1ncsc1N1CC[C@@H](Oc2ccccc2)C1. The highest BCUT2D eigenvalue weighted by Crippen LogP contribution is 2.29. The second-order valence-corrected chi connectivity index (χ2v) is 5.43. The zero-order valence-corrected chi connectivity index (χ0v) is 11.5. The number of carbonyl (C=O) groups is 1. The van der Waals surface area contributed by atoms with Crippen LogP contribution in [0.25, 0.3) is 0 Å². The van der Waals surface area contributed by atoms with E-state index in [1.165, 1.54) is 11.3 Å². The van der Waals surface area contributed by atoms with E-state index in [2.05, 4.69) is 4.98 Å². The summed E-state index contributed by atoms with van der Waals surface area (Å²) in [6.45, 7) is 1.48. The minimum absolute atomic E-state index is 0.0844. The van der Waals surface area contributed by atoms with Crippen molar-refractivity contribution in [2.24, 2.45) is 0 Å². The van der Waals surface area contributed by atoms with Crippen molar-refractivity contribution in [3.05, 3.63) is 41.5 Å². The van der Waals surface area contributed by atoms with Gasteiger partial charge < -0.3 is 14.7 Å². The summed E-state index contributed by atoms with van der Waals surface area (Å²) in [7, 11) is 0. The molecule has 1 aliphatic heterocycles. The molecule has 1 aromatic heterocycles. The number of aromatic carboxylic acids is 1. The largest absolute Gasteiger partial charge is 0.489 e. The Kier molecular flexibility index (Phi) is 3.56. The molecule has 104 valence electrons. The summed E-state index contributed by atoms with van der Waals surface area (Å²) in [6.07, 6.45) is 0.965. The summed E-state index contributed by atoms with van der Waals surface area (Å²) in [5.41, 5.74) is 1.71. The molecule has 1 aromatic carbocycles. The first kappa shape index (κ1) is 12.9. The van der Waals surface area contributed by atoms with Crippen LogP contribution in [0, 0.1) is 0 Å². The van der Waals surface area contributed by atoms with E-state index in [-0.39, 0.29) is 11.8 Å². The topological polar surface area (TPSA) is 62.7 Å². The van der Waals surface area contributed by atoms with Gasteiger partial charge in [-0.15, -0.1) is 11.3 Å². The number of ether oxygens (including phenoxy) is 1.